The van der Waals surface area contributed by atoms with Crippen LogP contribution in [-0.4, -0.2) is 58.0 Å². The second-order valence-corrected chi connectivity index (χ2v) is 3.63. The number of amides is 1. The van der Waals surface area contributed by atoms with Crippen molar-refractivity contribution in [1.29, 1.82) is 0 Å². The third-order valence-electron chi connectivity index (χ3n) is 2.29. The van der Waals surface area contributed by atoms with Gasteiger partial charge in [0, 0.05) is 13.1 Å². The lowest BCUT2D eigenvalue weighted by Crippen LogP contribution is -2.54. The summed E-state index contributed by atoms with van der Waals surface area (Å²) >= 11 is 0. The van der Waals surface area contributed by atoms with Gasteiger partial charge in [-0.25, -0.2) is 0 Å². The molecule has 0 rings (SSSR count). The van der Waals surface area contributed by atoms with Crippen LogP contribution in [0.25, 0.3) is 0 Å². The average molecular weight is 230 g/mol. The van der Waals surface area contributed by atoms with Gasteiger partial charge in [0.2, 0.25) is 5.91 Å². The summed E-state index contributed by atoms with van der Waals surface area (Å²) in [7, 11) is 5.22. The van der Waals surface area contributed by atoms with Crippen molar-refractivity contribution in [1.82, 2.24) is 21.3 Å². The maximum Gasteiger partial charge on any atom is 0.239 e. The molecular weight excluding hydrogens is 208 g/mol. The van der Waals surface area contributed by atoms with Gasteiger partial charge in [0.1, 0.15) is 0 Å². The minimum absolute atomic E-state index is 0.0537. The molecule has 0 heterocycles. The Morgan fingerprint density at radius 3 is 1.88 bits per heavy atom. The molecule has 1 amide bonds. The topological polar surface area (TPSA) is 82.3 Å². The Labute approximate surface area is 96.5 Å². The fraction of sp³-hybridized carbons (Fsp3) is 0.800. The maximum atomic E-state index is 11.8. The molecule has 2 atom stereocenters. The standard InChI is InChI=1S/C10H22N4O2/c1-7(15)8(5-11-2)14-10(16)9(13-4)6-12-3/h8-9,11-13H,5-6H2,1-4H3,(H,14,16). The highest BCUT2D eigenvalue weighted by atomic mass is 16.2. The molecule has 0 saturated heterocycles. The van der Waals surface area contributed by atoms with Crippen molar-refractivity contribution in [3.8, 4) is 0 Å². The molecule has 0 aromatic carbocycles. The molecule has 2 unspecified atom stereocenters. The molecule has 94 valence electrons. The molecule has 0 aromatic heterocycles. The van der Waals surface area contributed by atoms with Crippen LogP contribution in [0.1, 0.15) is 6.92 Å². The summed E-state index contributed by atoms with van der Waals surface area (Å²) in [5.41, 5.74) is 0. The number of likely N-dealkylation sites (N-methyl/N-ethyl adjacent to an activating group) is 3. The summed E-state index contributed by atoms with van der Waals surface area (Å²) in [4.78, 5) is 23.0. The van der Waals surface area contributed by atoms with E-state index in [1.54, 1.807) is 21.1 Å². The van der Waals surface area contributed by atoms with Crippen LogP contribution >= 0.6 is 0 Å². The number of nitrogens with one attached hydrogen (secondary N) is 4. The van der Waals surface area contributed by atoms with Gasteiger partial charge in [0.25, 0.3) is 0 Å². The van der Waals surface area contributed by atoms with Gasteiger partial charge in [-0.05, 0) is 28.1 Å². The number of rotatable bonds is 8. The fourth-order valence-corrected chi connectivity index (χ4v) is 1.30. The van der Waals surface area contributed by atoms with E-state index in [9.17, 15) is 9.59 Å². The van der Waals surface area contributed by atoms with Gasteiger partial charge < -0.3 is 21.3 Å². The normalized spacial score (nSPS) is 14.2. The van der Waals surface area contributed by atoms with E-state index in [2.05, 4.69) is 21.3 Å². The monoisotopic (exact) mass is 230 g/mol. The van der Waals surface area contributed by atoms with Crippen LogP contribution in [-0.2, 0) is 9.59 Å². The Kier molecular flexibility index (Phi) is 7.70. The summed E-state index contributed by atoms with van der Waals surface area (Å²) < 4.78 is 0. The van der Waals surface area contributed by atoms with E-state index in [-0.39, 0.29) is 17.7 Å². The molecule has 0 saturated carbocycles. The van der Waals surface area contributed by atoms with Crippen molar-refractivity contribution in [3.63, 3.8) is 0 Å². The van der Waals surface area contributed by atoms with Crippen molar-refractivity contribution in [2.75, 3.05) is 34.2 Å². The Morgan fingerprint density at radius 2 is 1.50 bits per heavy atom. The molecular formula is C10H22N4O2. The highest BCUT2D eigenvalue weighted by Crippen LogP contribution is 1.88. The van der Waals surface area contributed by atoms with Gasteiger partial charge in [-0.15, -0.1) is 0 Å². The Hall–Kier alpha value is -0.980. The van der Waals surface area contributed by atoms with Gasteiger partial charge in [0.15, 0.2) is 5.78 Å². The van der Waals surface area contributed by atoms with Crippen LogP contribution in [0.5, 0.6) is 0 Å². The average Bonchev–Trinajstić information content (AvgIpc) is 2.24. The number of carbonyl (C=O) groups excluding carboxylic acids is 2. The van der Waals surface area contributed by atoms with Crippen LogP contribution in [0.2, 0.25) is 0 Å². The van der Waals surface area contributed by atoms with Crippen molar-refractivity contribution in [2.45, 2.75) is 19.0 Å². The number of Topliss-reactive ketones (excluding diaryl/α,β-unsaturated/α-hetero) is 1. The van der Waals surface area contributed by atoms with Crippen molar-refractivity contribution in [3.05, 3.63) is 0 Å². The summed E-state index contributed by atoms with van der Waals surface area (Å²) in [5.74, 6) is -0.227. The predicted octanol–water partition coefficient (Wildman–Crippen LogP) is -1.91. The van der Waals surface area contributed by atoms with E-state index in [1.807, 2.05) is 0 Å². The molecule has 0 aliphatic heterocycles. The molecule has 0 aromatic rings. The van der Waals surface area contributed by atoms with Crippen LogP contribution in [0.3, 0.4) is 0 Å². The largest absolute Gasteiger partial charge is 0.344 e. The van der Waals surface area contributed by atoms with E-state index in [0.717, 1.165) is 0 Å². The first kappa shape index (κ1) is 15.0. The first-order chi connectivity index (χ1) is 7.56. The SMILES string of the molecule is CNCC(NC(=O)C(CNC)NC)C(C)=O. The van der Waals surface area contributed by atoms with Crippen molar-refractivity contribution < 1.29 is 9.59 Å². The van der Waals surface area contributed by atoms with Crippen LogP contribution in [0, 0.1) is 0 Å². The number of carbonyl (C=O) groups is 2. The zero-order chi connectivity index (χ0) is 12.6. The maximum absolute atomic E-state index is 11.8. The molecule has 0 fully saturated rings. The number of hydrogen-bond acceptors (Lipinski definition) is 5. The van der Waals surface area contributed by atoms with Gasteiger partial charge in [-0.2, -0.15) is 0 Å². The minimum atomic E-state index is -0.467. The highest BCUT2D eigenvalue weighted by molar-refractivity contribution is 5.89. The Morgan fingerprint density at radius 1 is 1.00 bits per heavy atom. The number of hydrogen-bond donors (Lipinski definition) is 4. The highest BCUT2D eigenvalue weighted by Gasteiger charge is 2.21. The molecule has 0 aliphatic rings. The summed E-state index contributed by atoms with van der Waals surface area (Å²) in [6.07, 6.45) is 0. The zero-order valence-corrected chi connectivity index (χ0v) is 10.4. The van der Waals surface area contributed by atoms with Crippen molar-refractivity contribution in [2.24, 2.45) is 0 Å². The molecule has 0 radical (unpaired) electrons. The summed E-state index contributed by atoms with van der Waals surface area (Å²) in [6.45, 7) is 2.43. The van der Waals surface area contributed by atoms with E-state index >= 15 is 0 Å². The molecule has 0 aliphatic carbocycles. The molecule has 16 heavy (non-hydrogen) atoms. The van der Waals surface area contributed by atoms with Gasteiger partial charge in [-0.3, -0.25) is 9.59 Å². The van der Waals surface area contributed by atoms with Crippen LogP contribution < -0.4 is 21.3 Å². The fourth-order valence-electron chi connectivity index (χ4n) is 1.30. The van der Waals surface area contributed by atoms with Crippen LogP contribution in [0.4, 0.5) is 0 Å². The lowest BCUT2D eigenvalue weighted by molar-refractivity contribution is -0.128. The van der Waals surface area contributed by atoms with E-state index in [0.29, 0.717) is 13.1 Å². The first-order valence-corrected chi connectivity index (χ1v) is 5.34. The molecule has 0 bridgehead atoms. The smallest absolute Gasteiger partial charge is 0.239 e. The molecule has 4 N–H and O–H groups in total. The summed E-state index contributed by atoms with van der Waals surface area (Å²) in [5, 5.41) is 11.4. The second-order valence-electron chi connectivity index (χ2n) is 3.63. The first-order valence-electron chi connectivity index (χ1n) is 5.34. The lowest BCUT2D eigenvalue weighted by Gasteiger charge is -2.20. The van der Waals surface area contributed by atoms with E-state index in [1.165, 1.54) is 6.92 Å². The van der Waals surface area contributed by atoms with Gasteiger partial charge >= 0.3 is 0 Å². The third-order valence-corrected chi connectivity index (χ3v) is 2.29. The Bertz CT molecular complexity index is 233. The molecule has 0 spiro atoms. The lowest BCUT2D eigenvalue weighted by atomic mass is 10.1. The van der Waals surface area contributed by atoms with E-state index < -0.39 is 6.04 Å². The second kappa shape index (κ2) is 8.20. The Balaban J connectivity index is 4.31. The summed E-state index contributed by atoms with van der Waals surface area (Å²) in [6, 6.07) is -0.797. The van der Waals surface area contributed by atoms with Crippen molar-refractivity contribution >= 4 is 11.7 Å². The zero-order valence-electron chi connectivity index (χ0n) is 10.4. The van der Waals surface area contributed by atoms with Gasteiger partial charge in [0.05, 0.1) is 12.1 Å². The quantitative estimate of drug-likeness (QED) is 0.391. The van der Waals surface area contributed by atoms with Crippen LogP contribution in [0.15, 0.2) is 0 Å². The molecule has 6 heteroatoms. The predicted molar refractivity (Wildman–Crippen MR) is 63.3 cm³/mol. The number of ketones is 1. The van der Waals surface area contributed by atoms with Gasteiger partial charge in [-0.1, -0.05) is 0 Å². The molecule has 6 nitrogen and oxygen atoms in total. The minimum Gasteiger partial charge on any atom is -0.344 e. The van der Waals surface area contributed by atoms with E-state index in [4.69, 9.17) is 0 Å². The third kappa shape index (κ3) is 5.20.